The van der Waals surface area contributed by atoms with Crippen molar-refractivity contribution in [2.45, 2.75) is 38.0 Å². The molecule has 0 aromatic heterocycles. The van der Waals surface area contributed by atoms with Gasteiger partial charge >= 0.3 is 5.97 Å². The SMILES string of the molecule is CCCCC1(C)CN(c2ccccc2)c2cc(Br)c(OCC(=O)O)cc2S(=O)(=O)C1. The molecule has 3 rings (SSSR count). The highest BCUT2D eigenvalue weighted by molar-refractivity contribution is 9.10. The fourth-order valence-corrected chi connectivity index (χ4v) is 6.41. The number of carboxylic acid groups (broad SMARTS) is 1. The third kappa shape index (κ3) is 4.98. The molecular formula is C22H26BrNO5S. The zero-order chi connectivity index (χ0) is 21.9. The number of anilines is 2. The average molecular weight is 496 g/mol. The molecule has 2 aromatic rings. The lowest BCUT2D eigenvalue weighted by Gasteiger charge is -2.34. The summed E-state index contributed by atoms with van der Waals surface area (Å²) in [6, 6.07) is 12.9. The number of halogens is 1. The Balaban J connectivity index is 2.17. The number of hydrogen-bond donors (Lipinski definition) is 1. The van der Waals surface area contributed by atoms with Crippen molar-refractivity contribution in [1.29, 1.82) is 0 Å². The minimum Gasteiger partial charge on any atom is -0.481 e. The molecule has 0 amide bonds. The van der Waals surface area contributed by atoms with Gasteiger partial charge in [-0.15, -0.1) is 0 Å². The monoisotopic (exact) mass is 495 g/mol. The summed E-state index contributed by atoms with van der Waals surface area (Å²) in [5.74, 6) is -0.904. The number of unbranched alkanes of at least 4 members (excludes halogenated alkanes) is 1. The number of rotatable bonds is 7. The average Bonchev–Trinajstić information content (AvgIpc) is 2.77. The van der Waals surface area contributed by atoms with E-state index < -0.39 is 27.8 Å². The van der Waals surface area contributed by atoms with E-state index in [1.54, 1.807) is 6.07 Å². The van der Waals surface area contributed by atoms with Gasteiger partial charge in [0.1, 0.15) is 5.75 Å². The van der Waals surface area contributed by atoms with E-state index in [2.05, 4.69) is 22.9 Å². The molecule has 1 N–H and O–H groups in total. The smallest absolute Gasteiger partial charge is 0.341 e. The Labute approximate surface area is 185 Å². The van der Waals surface area contributed by atoms with Crippen LogP contribution in [0.15, 0.2) is 51.8 Å². The molecule has 162 valence electrons. The van der Waals surface area contributed by atoms with E-state index in [9.17, 15) is 13.2 Å². The molecule has 1 unspecified atom stereocenters. The third-order valence-corrected chi connectivity index (χ3v) is 7.96. The summed E-state index contributed by atoms with van der Waals surface area (Å²) in [6.07, 6.45) is 2.73. The second-order valence-electron chi connectivity index (χ2n) is 8.03. The summed E-state index contributed by atoms with van der Waals surface area (Å²) < 4.78 is 32.7. The molecule has 1 aliphatic heterocycles. The lowest BCUT2D eigenvalue weighted by Crippen LogP contribution is -2.35. The summed E-state index contributed by atoms with van der Waals surface area (Å²) in [7, 11) is -3.63. The van der Waals surface area contributed by atoms with E-state index in [4.69, 9.17) is 9.84 Å². The van der Waals surface area contributed by atoms with Gasteiger partial charge in [-0.2, -0.15) is 0 Å². The van der Waals surface area contributed by atoms with Crippen molar-refractivity contribution in [2.75, 3.05) is 23.8 Å². The number of sulfone groups is 1. The molecule has 0 spiro atoms. The van der Waals surface area contributed by atoms with Gasteiger partial charge < -0.3 is 14.7 Å². The first kappa shape index (κ1) is 22.6. The Hall–Kier alpha value is -2.06. The number of nitrogens with zero attached hydrogens (tertiary/aromatic N) is 1. The maximum Gasteiger partial charge on any atom is 0.341 e. The van der Waals surface area contributed by atoms with Crippen LogP contribution in [-0.2, 0) is 14.6 Å². The number of carbonyl (C=O) groups is 1. The van der Waals surface area contributed by atoms with E-state index in [0.717, 1.165) is 24.9 Å². The van der Waals surface area contributed by atoms with E-state index >= 15 is 0 Å². The molecule has 0 fully saturated rings. The Morgan fingerprint density at radius 3 is 2.60 bits per heavy atom. The van der Waals surface area contributed by atoms with Gasteiger partial charge in [-0.3, -0.25) is 0 Å². The molecule has 1 atom stereocenters. The van der Waals surface area contributed by atoms with Crippen LogP contribution in [0, 0.1) is 5.41 Å². The maximum atomic E-state index is 13.4. The molecule has 1 aliphatic rings. The predicted octanol–water partition coefficient (Wildman–Crippen LogP) is 5.03. The normalized spacial score (nSPS) is 20.3. The predicted molar refractivity (Wildman–Crippen MR) is 120 cm³/mol. The van der Waals surface area contributed by atoms with Gasteiger partial charge in [0.2, 0.25) is 0 Å². The van der Waals surface area contributed by atoms with Crippen molar-refractivity contribution in [3.8, 4) is 5.75 Å². The van der Waals surface area contributed by atoms with Crippen LogP contribution in [0.2, 0.25) is 0 Å². The number of ether oxygens (including phenoxy) is 1. The number of aliphatic carboxylic acids is 1. The molecule has 30 heavy (non-hydrogen) atoms. The summed E-state index contributed by atoms with van der Waals surface area (Å²) in [5.41, 5.74) is 1.04. The van der Waals surface area contributed by atoms with Crippen LogP contribution in [0.25, 0.3) is 0 Å². The van der Waals surface area contributed by atoms with Gasteiger partial charge in [0.15, 0.2) is 16.4 Å². The second kappa shape index (κ2) is 8.98. The lowest BCUT2D eigenvalue weighted by atomic mass is 9.86. The quantitative estimate of drug-likeness (QED) is 0.579. The highest BCUT2D eigenvalue weighted by atomic mass is 79.9. The van der Waals surface area contributed by atoms with E-state index in [1.165, 1.54) is 6.07 Å². The zero-order valence-corrected chi connectivity index (χ0v) is 19.5. The molecule has 6 nitrogen and oxygen atoms in total. The molecule has 0 saturated heterocycles. The standard InChI is InChI=1S/C22H26BrNO5S/c1-3-4-10-22(2)14-24(16-8-6-5-7-9-16)18-11-17(23)19(29-13-21(25)26)12-20(18)30(27,28)15-22/h5-9,11-12H,3-4,10,13-15H2,1-2H3,(H,25,26). The fraction of sp³-hybridized carbons (Fsp3) is 0.409. The summed E-state index contributed by atoms with van der Waals surface area (Å²) in [5, 5.41) is 8.93. The molecule has 2 aromatic carbocycles. The van der Waals surface area contributed by atoms with Crippen LogP contribution < -0.4 is 9.64 Å². The fourth-order valence-electron chi connectivity index (χ4n) is 3.88. The first-order valence-corrected chi connectivity index (χ1v) is 12.3. The van der Waals surface area contributed by atoms with Crippen molar-refractivity contribution >= 4 is 43.1 Å². The van der Waals surface area contributed by atoms with Crippen LogP contribution in [0.5, 0.6) is 5.75 Å². The minimum atomic E-state index is -3.63. The van der Waals surface area contributed by atoms with Gasteiger partial charge in [0.25, 0.3) is 0 Å². The molecule has 0 bridgehead atoms. The third-order valence-electron chi connectivity index (χ3n) is 5.27. The van der Waals surface area contributed by atoms with Crippen LogP contribution >= 0.6 is 15.9 Å². The van der Waals surface area contributed by atoms with Gasteiger partial charge in [-0.05, 0) is 46.0 Å². The molecule has 0 aliphatic carbocycles. The van der Waals surface area contributed by atoms with Gasteiger partial charge in [-0.25, -0.2) is 13.2 Å². The number of benzene rings is 2. The van der Waals surface area contributed by atoms with Crippen molar-refractivity contribution in [3.05, 3.63) is 46.9 Å². The molecule has 8 heteroatoms. The van der Waals surface area contributed by atoms with Gasteiger partial charge in [0.05, 0.1) is 20.8 Å². The number of hydrogen-bond acceptors (Lipinski definition) is 5. The first-order valence-electron chi connectivity index (χ1n) is 9.89. The summed E-state index contributed by atoms with van der Waals surface area (Å²) >= 11 is 3.42. The first-order chi connectivity index (χ1) is 14.1. The van der Waals surface area contributed by atoms with Crippen molar-refractivity contribution in [2.24, 2.45) is 5.41 Å². The Bertz CT molecular complexity index is 1030. The topological polar surface area (TPSA) is 83.9 Å². The van der Waals surface area contributed by atoms with E-state index in [0.29, 0.717) is 16.7 Å². The largest absolute Gasteiger partial charge is 0.481 e. The van der Waals surface area contributed by atoms with Gasteiger partial charge in [-0.1, -0.05) is 44.9 Å². The van der Waals surface area contributed by atoms with E-state index in [-0.39, 0.29) is 16.4 Å². The minimum absolute atomic E-state index is 0.0241. The Morgan fingerprint density at radius 1 is 1.27 bits per heavy atom. The number of carboxylic acids is 1. The molecular weight excluding hydrogens is 470 g/mol. The van der Waals surface area contributed by atoms with Crippen LogP contribution in [0.3, 0.4) is 0 Å². The van der Waals surface area contributed by atoms with Crippen LogP contribution in [0.4, 0.5) is 11.4 Å². The highest BCUT2D eigenvalue weighted by Crippen LogP contribution is 2.45. The molecule has 1 heterocycles. The summed E-state index contributed by atoms with van der Waals surface area (Å²) in [4.78, 5) is 13.1. The van der Waals surface area contributed by atoms with Crippen LogP contribution in [-0.4, -0.2) is 38.4 Å². The number of para-hydroxylation sites is 1. The number of fused-ring (bicyclic) bond motifs is 1. The van der Waals surface area contributed by atoms with Crippen molar-refractivity contribution in [3.63, 3.8) is 0 Å². The van der Waals surface area contributed by atoms with Crippen LogP contribution in [0.1, 0.15) is 33.1 Å². The van der Waals surface area contributed by atoms with Crippen molar-refractivity contribution < 1.29 is 23.1 Å². The Kier molecular flexibility index (Phi) is 6.77. The lowest BCUT2D eigenvalue weighted by molar-refractivity contribution is -0.139. The second-order valence-corrected chi connectivity index (χ2v) is 10.8. The van der Waals surface area contributed by atoms with Crippen molar-refractivity contribution in [1.82, 2.24) is 0 Å². The summed E-state index contributed by atoms with van der Waals surface area (Å²) in [6.45, 7) is 4.14. The molecule has 0 radical (unpaired) electrons. The zero-order valence-electron chi connectivity index (χ0n) is 17.1. The molecule has 0 saturated carbocycles. The highest BCUT2D eigenvalue weighted by Gasteiger charge is 2.40. The Morgan fingerprint density at radius 2 is 1.97 bits per heavy atom. The maximum absolute atomic E-state index is 13.4. The van der Waals surface area contributed by atoms with E-state index in [1.807, 2.05) is 42.2 Å². The van der Waals surface area contributed by atoms with Gasteiger partial charge in [0, 0.05) is 18.3 Å².